The summed E-state index contributed by atoms with van der Waals surface area (Å²) in [7, 11) is 0. The minimum absolute atomic E-state index is 0.576. The van der Waals surface area contributed by atoms with Crippen molar-refractivity contribution in [3.63, 3.8) is 0 Å². The number of anilines is 1. The normalized spacial score (nSPS) is 11.2. The second kappa shape index (κ2) is 6.60. The Bertz CT molecular complexity index is 541. The smallest absolute Gasteiger partial charge is 0.127 e. The number of aromatic nitrogens is 2. The third kappa shape index (κ3) is 3.41. The van der Waals surface area contributed by atoms with Crippen LogP contribution in [-0.2, 0) is 19.4 Å². The fourth-order valence-corrected chi connectivity index (χ4v) is 2.46. The molecule has 1 aromatic carbocycles. The summed E-state index contributed by atoms with van der Waals surface area (Å²) in [5.74, 6) is 2.53. The van der Waals surface area contributed by atoms with E-state index in [0.717, 1.165) is 43.1 Å². The molecule has 0 amide bonds. The minimum atomic E-state index is 0.576. The van der Waals surface area contributed by atoms with E-state index in [2.05, 4.69) is 49.6 Å². The molecule has 1 aromatic heterocycles. The van der Waals surface area contributed by atoms with E-state index >= 15 is 0 Å². The van der Waals surface area contributed by atoms with Crippen molar-refractivity contribution in [3.8, 4) is 0 Å². The van der Waals surface area contributed by atoms with Gasteiger partial charge in [-0.3, -0.25) is 0 Å². The van der Waals surface area contributed by atoms with Gasteiger partial charge in [0.15, 0.2) is 0 Å². The van der Waals surface area contributed by atoms with E-state index in [4.69, 9.17) is 10.7 Å². The molecule has 0 unspecified atom stereocenters. The summed E-state index contributed by atoms with van der Waals surface area (Å²) >= 11 is 0. The predicted molar refractivity (Wildman–Crippen MR) is 84.7 cm³/mol. The Morgan fingerprint density at radius 2 is 1.90 bits per heavy atom. The van der Waals surface area contributed by atoms with E-state index in [-0.39, 0.29) is 0 Å². The van der Waals surface area contributed by atoms with Crippen molar-refractivity contribution in [1.82, 2.24) is 9.55 Å². The molecule has 1 heterocycles. The third-order valence-corrected chi connectivity index (χ3v) is 3.42. The van der Waals surface area contributed by atoms with Gasteiger partial charge in [-0.1, -0.05) is 51.1 Å². The van der Waals surface area contributed by atoms with Gasteiger partial charge in [-0.15, -0.1) is 0 Å². The number of nitrogens with zero attached hydrogens (tertiary/aromatic N) is 2. The molecule has 0 saturated heterocycles. The molecule has 2 N–H and O–H groups in total. The van der Waals surface area contributed by atoms with Gasteiger partial charge >= 0.3 is 0 Å². The van der Waals surface area contributed by atoms with Gasteiger partial charge in [0, 0.05) is 6.42 Å². The van der Waals surface area contributed by atoms with E-state index in [1.807, 2.05) is 6.07 Å². The lowest BCUT2D eigenvalue weighted by Crippen LogP contribution is -2.09. The molecule has 0 spiro atoms. The zero-order valence-electron chi connectivity index (χ0n) is 12.8. The molecule has 0 fully saturated rings. The molecule has 0 saturated carbocycles. The molecule has 2 rings (SSSR count). The number of aryl methyl sites for hydroxylation is 1. The van der Waals surface area contributed by atoms with Crippen molar-refractivity contribution in [2.45, 2.75) is 46.6 Å². The van der Waals surface area contributed by atoms with Crippen LogP contribution in [0.2, 0.25) is 0 Å². The summed E-state index contributed by atoms with van der Waals surface area (Å²) in [6, 6.07) is 10.4. The van der Waals surface area contributed by atoms with E-state index in [9.17, 15) is 0 Å². The summed E-state index contributed by atoms with van der Waals surface area (Å²) in [4.78, 5) is 4.77. The number of hydrogen-bond donors (Lipinski definition) is 1. The Labute approximate surface area is 121 Å². The second-order valence-electron chi connectivity index (χ2n) is 5.78. The minimum Gasteiger partial charge on any atom is -0.384 e. The highest BCUT2D eigenvalue weighted by Crippen LogP contribution is 2.20. The highest BCUT2D eigenvalue weighted by atomic mass is 15.1. The molecule has 0 aliphatic carbocycles. The van der Waals surface area contributed by atoms with Crippen LogP contribution in [0.4, 0.5) is 5.82 Å². The summed E-state index contributed by atoms with van der Waals surface area (Å²) < 4.78 is 2.18. The van der Waals surface area contributed by atoms with E-state index in [0.29, 0.717) is 5.92 Å². The Morgan fingerprint density at radius 3 is 2.50 bits per heavy atom. The van der Waals surface area contributed by atoms with Crippen LogP contribution >= 0.6 is 0 Å². The Hall–Kier alpha value is -1.77. The van der Waals surface area contributed by atoms with Gasteiger partial charge in [0.1, 0.15) is 11.6 Å². The van der Waals surface area contributed by atoms with Gasteiger partial charge in [0.25, 0.3) is 0 Å². The van der Waals surface area contributed by atoms with E-state index < -0.39 is 0 Å². The van der Waals surface area contributed by atoms with Crippen LogP contribution < -0.4 is 5.73 Å². The quantitative estimate of drug-likeness (QED) is 0.871. The second-order valence-corrected chi connectivity index (χ2v) is 5.78. The topological polar surface area (TPSA) is 43.8 Å². The number of imidazole rings is 1. The molecule has 0 aliphatic rings. The Kier molecular flexibility index (Phi) is 4.83. The molecule has 3 nitrogen and oxygen atoms in total. The number of nitrogens with two attached hydrogens (primary N) is 1. The summed E-state index contributed by atoms with van der Waals surface area (Å²) in [6.07, 6.45) is 3.02. The number of nitrogen functional groups attached to an aromatic ring is 1. The monoisotopic (exact) mass is 271 g/mol. The van der Waals surface area contributed by atoms with Crippen LogP contribution in [0, 0.1) is 5.92 Å². The van der Waals surface area contributed by atoms with Crippen molar-refractivity contribution in [3.05, 3.63) is 47.4 Å². The number of rotatable bonds is 6. The molecule has 0 atom stereocenters. The maximum atomic E-state index is 6.33. The lowest BCUT2D eigenvalue weighted by Gasteiger charge is -2.10. The van der Waals surface area contributed by atoms with Crippen LogP contribution in [0.25, 0.3) is 0 Å². The molecule has 20 heavy (non-hydrogen) atoms. The van der Waals surface area contributed by atoms with Crippen LogP contribution in [0.5, 0.6) is 0 Å². The van der Waals surface area contributed by atoms with Crippen LogP contribution in [0.3, 0.4) is 0 Å². The SMILES string of the molecule is CCCc1nc(CC(C)C)c(N)n1Cc1ccccc1. The Morgan fingerprint density at radius 1 is 1.20 bits per heavy atom. The lowest BCUT2D eigenvalue weighted by molar-refractivity contribution is 0.637. The van der Waals surface area contributed by atoms with E-state index in [1.54, 1.807) is 0 Å². The predicted octanol–water partition coefficient (Wildman–Crippen LogP) is 3.66. The van der Waals surface area contributed by atoms with Gasteiger partial charge in [-0.2, -0.15) is 0 Å². The highest BCUT2D eigenvalue weighted by Gasteiger charge is 2.15. The summed E-state index contributed by atoms with van der Waals surface area (Å²) in [5.41, 5.74) is 8.65. The van der Waals surface area contributed by atoms with Crippen molar-refractivity contribution < 1.29 is 0 Å². The fraction of sp³-hybridized carbons (Fsp3) is 0.471. The maximum absolute atomic E-state index is 6.33. The van der Waals surface area contributed by atoms with Crippen LogP contribution in [0.15, 0.2) is 30.3 Å². The first-order chi connectivity index (χ1) is 9.61. The lowest BCUT2D eigenvalue weighted by atomic mass is 10.1. The summed E-state index contributed by atoms with van der Waals surface area (Å²) in [5, 5.41) is 0. The van der Waals surface area contributed by atoms with Crippen molar-refractivity contribution >= 4 is 5.82 Å². The first-order valence-electron chi connectivity index (χ1n) is 7.49. The summed E-state index contributed by atoms with van der Waals surface area (Å²) in [6.45, 7) is 7.40. The first-order valence-corrected chi connectivity index (χ1v) is 7.49. The molecule has 2 aromatic rings. The van der Waals surface area contributed by atoms with Gasteiger partial charge in [-0.05, 0) is 24.3 Å². The standard InChI is InChI=1S/C17H25N3/c1-4-8-16-19-15(11-13(2)3)17(18)20(16)12-14-9-6-5-7-10-14/h5-7,9-10,13H,4,8,11-12,18H2,1-3H3. The van der Waals surface area contributed by atoms with Crippen molar-refractivity contribution in [2.24, 2.45) is 5.92 Å². The molecule has 0 radical (unpaired) electrons. The van der Waals surface area contributed by atoms with E-state index in [1.165, 1.54) is 5.56 Å². The molecule has 0 bridgehead atoms. The van der Waals surface area contributed by atoms with Gasteiger partial charge in [-0.25, -0.2) is 4.98 Å². The average molecular weight is 271 g/mol. The maximum Gasteiger partial charge on any atom is 0.127 e. The van der Waals surface area contributed by atoms with Gasteiger partial charge in [0.05, 0.1) is 12.2 Å². The molecule has 3 heteroatoms. The van der Waals surface area contributed by atoms with Crippen molar-refractivity contribution in [1.29, 1.82) is 0 Å². The van der Waals surface area contributed by atoms with Gasteiger partial charge in [0.2, 0.25) is 0 Å². The van der Waals surface area contributed by atoms with Gasteiger partial charge < -0.3 is 10.3 Å². The molecule has 0 aliphatic heterocycles. The molecular formula is C17H25N3. The Balaban J connectivity index is 2.31. The third-order valence-electron chi connectivity index (χ3n) is 3.42. The zero-order chi connectivity index (χ0) is 14.5. The average Bonchev–Trinajstić information content (AvgIpc) is 2.69. The first kappa shape index (κ1) is 14.6. The largest absolute Gasteiger partial charge is 0.384 e. The number of benzene rings is 1. The fourth-order valence-electron chi connectivity index (χ4n) is 2.46. The zero-order valence-corrected chi connectivity index (χ0v) is 12.8. The molecular weight excluding hydrogens is 246 g/mol. The van der Waals surface area contributed by atoms with Crippen LogP contribution in [-0.4, -0.2) is 9.55 Å². The molecule has 108 valence electrons. The number of hydrogen-bond acceptors (Lipinski definition) is 2. The highest BCUT2D eigenvalue weighted by molar-refractivity contribution is 5.39. The van der Waals surface area contributed by atoms with Crippen LogP contribution in [0.1, 0.15) is 44.3 Å². The van der Waals surface area contributed by atoms with Crippen molar-refractivity contribution in [2.75, 3.05) is 5.73 Å².